The molecule has 0 radical (unpaired) electrons. The number of hydrogen-bond donors (Lipinski definition) is 0. The SMILES string of the molecule is O.O.O=C([O-])c1ccccc1C(=O)[O-].[K+].[K+]. The monoisotopic (exact) mass is 278 g/mol. The average Bonchev–Trinajstić information content (AvgIpc) is 2.04. The van der Waals surface area contributed by atoms with Crippen LogP contribution in [0.5, 0.6) is 0 Å². The van der Waals surface area contributed by atoms with E-state index >= 15 is 0 Å². The minimum Gasteiger partial charge on any atom is -0.545 e. The van der Waals surface area contributed by atoms with Crippen molar-refractivity contribution in [1.82, 2.24) is 0 Å². The van der Waals surface area contributed by atoms with Crippen molar-refractivity contribution in [2.75, 3.05) is 0 Å². The van der Waals surface area contributed by atoms with Crippen LogP contribution < -0.4 is 113 Å². The first-order valence-electron chi connectivity index (χ1n) is 3.14. The van der Waals surface area contributed by atoms with Crippen LogP contribution in [-0.2, 0) is 0 Å². The number of carbonyl (C=O) groups excluding carboxylic acids is 2. The van der Waals surface area contributed by atoms with Gasteiger partial charge >= 0.3 is 103 Å². The van der Waals surface area contributed by atoms with Gasteiger partial charge in [0.05, 0.1) is 11.9 Å². The predicted molar refractivity (Wildman–Crippen MR) is 42.3 cm³/mol. The molecule has 16 heavy (non-hydrogen) atoms. The second-order valence-corrected chi connectivity index (χ2v) is 2.12. The molecule has 0 heterocycles. The zero-order chi connectivity index (χ0) is 9.14. The third-order valence-electron chi connectivity index (χ3n) is 1.37. The number of carboxylic acids is 2. The molecule has 1 rings (SSSR count). The minimum absolute atomic E-state index is 0. The Bertz CT molecular complexity index is 308. The molecular weight excluding hydrogens is 270 g/mol. The Labute approximate surface area is 177 Å². The number of carbonyl (C=O) groups is 2. The van der Waals surface area contributed by atoms with E-state index < -0.39 is 11.9 Å². The van der Waals surface area contributed by atoms with Crippen molar-refractivity contribution in [2.24, 2.45) is 0 Å². The molecule has 0 spiro atoms. The summed E-state index contributed by atoms with van der Waals surface area (Å²) < 4.78 is 0. The van der Waals surface area contributed by atoms with Crippen LogP contribution in [0.2, 0.25) is 0 Å². The van der Waals surface area contributed by atoms with Crippen LogP contribution >= 0.6 is 0 Å². The van der Waals surface area contributed by atoms with E-state index in [2.05, 4.69) is 0 Å². The van der Waals surface area contributed by atoms with E-state index in [1.165, 1.54) is 12.1 Å². The molecule has 0 bridgehead atoms. The zero-order valence-electron chi connectivity index (χ0n) is 8.94. The molecule has 0 saturated heterocycles. The molecule has 0 aliphatic rings. The number of benzene rings is 1. The fourth-order valence-electron chi connectivity index (χ4n) is 0.839. The molecule has 1 aromatic carbocycles. The van der Waals surface area contributed by atoms with Gasteiger partial charge in [0, 0.05) is 11.1 Å². The molecule has 4 N–H and O–H groups in total. The Kier molecular flexibility index (Phi) is 20.8. The quantitative estimate of drug-likeness (QED) is 0.495. The summed E-state index contributed by atoms with van der Waals surface area (Å²) in [5.41, 5.74) is -0.727. The maximum Gasteiger partial charge on any atom is 1.00 e. The number of rotatable bonds is 2. The number of aromatic carboxylic acids is 2. The van der Waals surface area contributed by atoms with Gasteiger partial charge in [0.2, 0.25) is 0 Å². The van der Waals surface area contributed by atoms with E-state index in [0.29, 0.717) is 0 Å². The van der Waals surface area contributed by atoms with Crippen molar-refractivity contribution in [3.63, 3.8) is 0 Å². The summed E-state index contributed by atoms with van der Waals surface area (Å²) in [6, 6.07) is 5.14. The molecule has 6 nitrogen and oxygen atoms in total. The van der Waals surface area contributed by atoms with Gasteiger partial charge in [-0.3, -0.25) is 0 Å². The van der Waals surface area contributed by atoms with E-state index in [1.807, 2.05) is 0 Å². The van der Waals surface area contributed by atoms with Crippen LogP contribution in [0, 0.1) is 0 Å². The standard InChI is InChI=1S/C8H6O4.2K.2H2O/c9-7(10)5-3-1-2-4-6(5)8(11)12;;;;/h1-4H,(H,9,10)(H,11,12);;;2*1H2/q;2*+1;;/p-2. The summed E-state index contributed by atoms with van der Waals surface area (Å²) in [5.74, 6) is -3.04. The second kappa shape index (κ2) is 12.8. The van der Waals surface area contributed by atoms with Crippen LogP contribution in [0.3, 0.4) is 0 Å². The summed E-state index contributed by atoms with van der Waals surface area (Å²) in [6.45, 7) is 0. The van der Waals surface area contributed by atoms with Gasteiger partial charge in [-0.25, -0.2) is 0 Å². The first-order chi connectivity index (χ1) is 5.63. The maximum atomic E-state index is 10.3. The van der Waals surface area contributed by atoms with Gasteiger partial charge in [-0.05, 0) is 0 Å². The molecule has 0 fully saturated rings. The van der Waals surface area contributed by atoms with Crippen LogP contribution in [0.15, 0.2) is 24.3 Å². The van der Waals surface area contributed by atoms with Crippen molar-refractivity contribution in [3.05, 3.63) is 35.4 Å². The number of hydrogen-bond acceptors (Lipinski definition) is 4. The molecule has 78 valence electrons. The molecule has 8 heteroatoms. The molecule has 0 aromatic heterocycles. The molecule has 1 aromatic rings. The van der Waals surface area contributed by atoms with Gasteiger partial charge in [0.25, 0.3) is 0 Å². The topological polar surface area (TPSA) is 143 Å². The van der Waals surface area contributed by atoms with Crippen molar-refractivity contribution in [2.45, 2.75) is 0 Å². The predicted octanol–water partition coefficient (Wildman–Crippen LogP) is -9.23. The van der Waals surface area contributed by atoms with Gasteiger partial charge in [0.1, 0.15) is 0 Å². The smallest absolute Gasteiger partial charge is 0.545 e. The Hall–Kier alpha value is 1.35. The van der Waals surface area contributed by atoms with Gasteiger partial charge < -0.3 is 30.8 Å². The summed E-state index contributed by atoms with van der Waals surface area (Å²) in [4.78, 5) is 20.6. The molecule has 0 atom stereocenters. The Morgan fingerprint density at radius 2 is 1.06 bits per heavy atom. The summed E-state index contributed by atoms with van der Waals surface area (Å²) in [6.07, 6.45) is 0. The summed E-state index contributed by atoms with van der Waals surface area (Å²) >= 11 is 0. The molecule has 0 aliphatic heterocycles. The van der Waals surface area contributed by atoms with Gasteiger partial charge in [-0.1, -0.05) is 24.3 Å². The van der Waals surface area contributed by atoms with E-state index in [4.69, 9.17) is 0 Å². The van der Waals surface area contributed by atoms with E-state index in [0.717, 1.165) is 12.1 Å². The fraction of sp³-hybridized carbons (Fsp3) is 0. The summed E-state index contributed by atoms with van der Waals surface area (Å²) in [5, 5.41) is 20.6. The van der Waals surface area contributed by atoms with Crippen molar-refractivity contribution in [1.29, 1.82) is 0 Å². The Morgan fingerprint density at radius 3 is 1.25 bits per heavy atom. The van der Waals surface area contributed by atoms with Crippen LogP contribution in [-0.4, -0.2) is 22.9 Å². The number of carboxylic acid groups (broad SMARTS) is 2. The van der Waals surface area contributed by atoms with Crippen molar-refractivity contribution >= 4 is 11.9 Å². The van der Waals surface area contributed by atoms with Crippen LogP contribution in [0.25, 0.3) is 0 Å². The van der Waals surface area contributed by atoms with E-state index in [1.54, 1.807) is 0 Å². The van der Waals surface area contributed by atoms with Crippen LogP contribution in [0.1, 0.15) is 20.7 Å². The Morgan fingerprint density at radius 1 is 0.812 bits per heavy atom. The van der Waals surface area contributed by atoms with Gasteiger partial charge in [-0.15, -0.1) is 0 Å². The third-order valence-corrected chi connectivity index (χ3v) is 1.37. The average molecular weight is 278 g/mol. The van der Waals surface area contributed by atoms with Gasteiger partial charge in [0.15, 0.2) is 0 Å². The van der Waals surface area contributed by atoms with E-state index in [-0.39, 0.29) is 125 Å². The van der Waals surface area contributed by atoms with Crippen molar-refractivity contribution < 1.29 is 134 Å². The van der Waals surface area contributed by atoms with Gasteiger partial charge in [-0.2, -0.15) is 0 Å². The molecular formula is C8H8K2O6. The first-order valence-corrected chi connectivity index (χ1v) is 3.14. The molecule has 0 saturated carbocycles. The molecule has 0 unspecified atom stereocenters. The fourth-order valence-corrected chi connectivity index (χ4v) is 0.839. The largest absolute Gasteiger partial charge is 1.00 e. The zero-order valence-corrected chi connectivity index (χ0v) is 15.2. The van der Waals surface area contributed by atoms with E-state index in [9.17, 15) is 19.8 Å². The molecule has 0 aliphatic carbocycles. The first kappa shape index (κ1) is 26.0. The summed E-state index contributed by atoms with van der Waals surface area (Å²) in [7, 11) is 0. The third kappa shape index (κ3) is 7.64. The minimum atomic E-state index is -1.52. The second-order valence-electron chi connectivity index (χ2n) is 2.12. The Balaban J connectivity index is -0.000000180. The van der Waals surface area contributed by atoms with Crippen molar-refractivity contribution in [3.8, 4) is 0 Å². The maximum absolute atomic E-state index is 10.3. The van der Waals surface area contributed by atoms with Crippen LogP contribution in [0.4, 0.5) is 0 Å². The normalized spacial score (nSPS) is 7.00. The molecule has 0 amide bonds.